The molecule has 2 unspecified atom stereocenters. The first-order chi connectivity index (χ1) is 11.2. The van der Waals surface area contributed by atoms with E-state index in [-0.39, 0.29) is 55.4 Å². The van der Waals surface area contributed by atoms with Gasteiger partial charge in [-0.1, -0.05) is 33.6 Å². The highest BCUT2D eigenvalue weighted by atomic mass is 16.2. The van der Waals surface area contributed by atoms with Crippen molar-refractivity contribution in [1.82, 2.24) is 10.2 Å². The molecule has 0 aliphatic carbocycles. The Bertz CT molecular complexity index is 432. The van der Waals surface area contributed by atoms with E-state index in [1.165, 1.54) is 18.7 Å². The van der Waals surface area contributed by atoms with Crippen LogP contribution < -0.4 is 5.32 Å². The summed E-state index contributed by atoms with van der Waals surface area (Å²) in [5.74, 6) is -0.298. The molecule has 0 aromatic carbocycles. The molecule has 0 saturated carbocycles. The molecule has 0 bridgehead atoms. The molecule has 6 heteroatoms. The van der Waals surface area contributed by atoms with Gasteiger partial charge in [0.1, 0.15) is 11.6 Å². The van der Waals surface area contributed by atoms with Crippen LogP contribution >= 0.6 is 0 Å². The summed E-state index contributed by atoms with van der Waals surface area (Å²) in [4.78, 5) is 47.8. The topological polar surface area (TPSA) is 83.6 Å². The Morgan fingerprint density at radius 3 is 2.00 bits per heavy atom. The summed E-state index contributed by atoms with van der Waals surface area (Å²) in [5.41, 5.74) is 0. The average molecular weight is 340 g/mol. The standard InChI is InChI=1S/C18H32N2O4/c1-6-7-13(2)10-14(3)18(24)19-9-8-17(23)20(11-15(4)21)12-16(5)22/h13-14H,6-12H2,1-5H3,(H,19,24). The van der Waals surface area contributed by atoms with E-state index in [1.54, 1.807) is 0 Å². The van der Waals surface area contributed by atoms with Crippen LogP contribution in [0.2, 0.25) is 0 Å². The smallest absolute Gasteiger partial charge is 0.225 e. The maximum atomic E-state index is 12.1. The van der Waals surface area contributed by atoms with Gasteiger partial charge < -0.3 is 10.2 Å². The van der Waals surface area contributed by atoms with E-state index in [4.69, 9.17) is 0 Å². The van der Waals surface area contributed by atoms with Crippen LogP contribution in [0.3, 0.4) is 0 Å². The largest absolute Gasteiger partial charge is 0.355 e. The van der Waals surface area contributed by atoms with Gasteiger partial charge in [-0.05, 0) is 26.2 Å². The van der Waals surface area contributed by atoms with Crippen LogP contribution in [0.1, 0.15) is 60.3 Å². The van der Waals surface area contributed by atoms with E-state index in [2.05, 4.69) is 19.2 Å². The third-order valence-electron chi connectivity index (χ3n) is 3.80. The van der Waals surface area contributed by atoms with Gasteiger partial charge in [0, 0.05) is 18.9 Å². The lowest BCUT2D eigenvalue weighted by molar-refractivity contribution is -0.137. The Balaban J connectivity index is 4.30. The second-order valence-electron chi connectivity index (χ2n) is 6.73. The molecule has 0 aromatic rings. The van der Waals surface area contributed by atoms with Gasteiger partial charge in [-0.15, -0.1) is 0 Å². The van der Waals surface area contributed by atoms with Crippen molar-refractivity contribution < 1.29 is 19.2 Å². The molecule has 0 aromatic heterocycles. The molecule has 0 aliphatic rings. The normalized spacial score (nSPS) is 13.0. The second kappa shape index (κ2) is 11.8. The number of carbonyl (C=O) groups is 4. The van der Waals surface area contributed by atoms with Crippen molar-refractivity contribution in [3.8, 4) is 0 Å². The first-order valence-corrected chi connectivity index (χ1v) is 8.71. The van der Waals surface area contributed by atoms with Gasteiger partial charge in [-0.2, -0.15) is 0 Å². The van der Waals surface area contributed by atoms with E-state index < -0.39 is 0 Å². The monoisotopic (exact) mass is 340 g/mol. The zero-order chi connectivity index (χ0) is 18.7. The molecule has 0 rings (SSSR count). The molecule has 24 heavy (non-hydrogen) atoms. The number of ketones is 2. The maximum Gasteiger partial charge on any atom is 0.225 e. The van der Waals surface area contributed by atoms with Crippen LogP contribution in [-0.2, 0) is 19.2 Å². The summed E-state index contributed by atoms with van der Waals surface area (Å²) in [7, 11) is 0. The number of nitrogens with zero attached hydrogens (tertiary/aromatic N) is 1. The average Bonchev–Trinajstić information content (AvgIpc) is 2.45. The predicted octanol–water partition coefficient (Wildman–Crippen LogP) is 1.96. The maximum absolute atomic E-state index is 12.1. The molecule has 2 atom stereocenters. The number of nitrogens with one attached hydrogen (secondary N) is 1. The quantitative estimate of drug-likeness (QED) is 0.589. The van der Waals surface area contributed by atoms with Gasteiger partial charge in [-0.3, -0.25) is 19.2 Å². The Labute approximate surface area is 145 Å². The summed E-state index contributed by atoms with van der Waals surface area (Å²) in [6, 6.07) is 0. The van der Waals surface area contributed by atoms with Gasteiger partial charge in [0.05, 0.1) is 13.1 Å². The van der Waals surface area contributed by atoms with Gasteiger partial charge >= 0.3 is 0 Å². The van der Waals surface area contributed by atoms with Crippen LogP contribution in [0.5, 0.6) is 0 Å². The van der Waals surface area contributed by atoms with Crippen LogP contribution in [-0.4, -0.2) is 47.9 Å². The van der Waals surface area contributed by atoms with Gasteiger partial charge in [0.25, 0.3) is 0 Å². The molecule has 0 saturated heterocycles. The highest BCUT2D eigenvalue weighted by Gasteiger charge is 2.19. The number of Topliss-reactive ketones (excluding diaryl/α,β-unsaturated/α-hetero) is 2. The van der Waals surface area contributed by atoms with Crippen molar-refractivity contribution in [1.29, 1.82) is 0 Å². The third kappa shape index (κ3) is 10.1. The van der Waals surface area contributed by atoms with Crippen molar-refractivity contribution in [3.63, 3.8) is 0 Å². The van der Waals surface area contributed by atoms with Gasteiger partial charge in [0.2, 0.25) is 11.8 Å². The number of hydrogen-bond donors (Lipinski definition) is 1. The molecule has 0 heterocycles. The van der Waals surface area contributed by atoms with Crippen molar-refractivity contribution in [2.75, 3.05) is 19.6 Å². The lowest BCUT2D eigenvalue weighted by Gasteiger charge is -2.20. The van der Waals surface area contributed by atoms with E-state index in [0.717, 1.165) is 19.3 Å². The highest BCUT2D eigenvalue weighted by molar-refractivity contribution is 5.89. The molecule has 0 spiro atoms. The third-order valence-corrected chi connectivity index (χ3v) is 3.80. The fraction of sp³-hybridized carbons (Fsp3) is 0.778. The van der Waals surface area contributed by atoms with E-state index in [0.29, 0.717) is 5.92 Å². The summed E-state index contributed by atoms with van der Waals surface area (Å²) >= 11 is 0. The minimum atomic E-state index is -0.298. The molecule has 1 N–H and O–H groups in total. The lowest BCUT2D eigenvalue weighted by Crippen LogP contribution is -2.40. The predicted molar refractivity (Wildman–Crippen MR) is 93.4 cm³/mol. The molecular formula is C18H32N2O4. The van der Waals surface area contributed by atoms with Crippen LogP contribution in [0.15, 0.2) is 0 Å². The summed E-state index contributed by atoms with van der Waals surface area (Å²) in [6.07, 6.45) is 3.12. The molecule has 2 amide bonds. The minimum Gasteiger partial charge on any atom is -0.355 e. The van der Waals surface area contributed by atoms with Gasteiger partial charge in [0.15, 0.2) is 0 Å². The number of rotatable bonds is 12. The Morgan fingerprint density at radius 2 is 1.54 bits per heavy atom. The van der Waals surface area contributed by atoms with Crippen molar-refractivity contribution in [2.45, 2.75) is 60.3 Å². The molecule has 6 nitrogen and oxygen atoms in total. The minimum absolute atomic E-state index is 0.0598. The first kappa shape index (κ1) is 22.3. The van der Waals surface area contributed by atoms with Crippen LogP contribution in [0.25, 0.3) is 0 Å². The van der Waals surface area contributed by atoms with Crippen molar-refractivity contribution in [2.24, 2.45) is 11.8 Å². The molecule has 0 aliphatic heterocycles. The fourth-order valence-corrected chi connectivity index (χ4v) is 2.72. The van der Waals surface area contributed by atoms with E-state index >= 15 is 0 Å². The van der Waals surface area contributed by atoms with Crippen LogP contribution in [0.4, 0.5) is 0 Å². The Hall–Kier alpha value is -1.72. The lowest BCUT2D eigenvalue weighted by atomic mass is 9.93. The number of carbonyl (C=O) groups excluding carboxylic acids is 4. The van der Waals surface area contributed by atoms with Crippen molar-refractivity contribution >= 4 is 23.4 Å². The van der Waals surface area contributed by atoms with E-state index in [9.17, 15) is 19.2 Å². The Morgan fingerprint density at radius 1 is 1.00 bits per heavy atom. The van der Waals surface area contributed by atoms with E-state index in [1.807, 2.05) is 6.92 Å². The summed E-state index contributed by atoms with van der Waals surface area (Å²) in [6.45, 7) is 8.98. The number of hydrogen-bond acceptors (Lipinski definition) is 4. The zero-order valence-electron chi connectivity index (χ0n) is 15.7. The van der Waals surface area contributed by atoms with Crippen LogP contribution in [0, 0.1) is 11.8 Å². The fourth-order valence-electron chi connectivity index (χ4n) is 2.72. The SMILES string of the molecule is CCCC(C)CC(C)C(=O)NCCC(=O)N(CC(C)=O)CC(C)=O. The second-order valence-corrected chi connectivity index (χ2v) is 6.73. The number of amides is 2. The van der Waals surface area contributed by atoms with Crippen molar-refractivity contribution in [3.05, 3.63) is 0 Å². The Kier molecular flexibility index (Phi) is 10.9. The molecule has 138 valence electrons. The summed E-state index contributed by atoms with van der Waals surface area (Å²) in [5, 5.41) is 2.77. The first-order valence-electron chi connectivity index (χ1n) is 8.71. The molecule has 0 fully saturated rings. The van der Waals surface area contributed by atoms with Gasteiger partial charge in [-0.25, -0.2) is 0 Å². The highest BCUT2D eigenvalue weighted by Crippen LogP contribution is 2.16. The summed E-state index contributed by atoms with van der Waals surface area (Å²) < 4.78 is 0. The zero-order valence-corrected chi connectivity index (χ0v) is 15.7. The molecular weight excluding hydrogens is 308 g/mol. The molecule has 0 radical (unpaired) electrons.